The van der Waals surface area contributed by atoms with E-state index in [0.717, 1.165) is 23.2 Å². The number of aromatic nitrogens is 2. The Kier molecular flexibility index (Phi) is 3.10. The standard InChI is InChI=1S/C14H21N3O/c1-3-18-14-9(2)13(15-8-16-14)17-12-7-10-4-5-11(12)6-10/h8,10-12H,3-7H2,1-2H3,(H,15,16,17). The topological polar surface area (TPSA) is 47.0 Å². The van der Waals surface area contributed by atoms with Crippen LogP contribution in [-0.4, -0.2) is 22.6 Å². The molecule has 0 saturated heterocycles. The van der Waals surface area contributed by atoms with Gasteiger partial charge in [0.1, 0.15) is 12.1 Å². The molecule has 18 heavy (non-hydrogen) atoms. The van der Waals surface area contributed by atoms with Crippen molar-refractivity contribution in [2.75, 3.05) is 11.9 Å². The zero-order valence-electron chi connectivity index (χ0n) is 11.1. The number of anilines is 1. The Balaban J connectivity index is 1.74. The largest absolute Gasteiger partial charge is 0.478 e. The molecular weight excluding hydrogens is 226 g/mol. The summed E-state index contributed by atoms with van der Waals surface area (Å²) in [5, 5.41) is 3.61. The van der Waals surface area contributed by atoms with Gasteiger partial charge in [0.15, 0.2) is 0 Å². The van der Waals surface area contributed by atoms with Crippen molar-refractivity contribution < 1.29 is 4.74 Å². The smallest absolute Gasteiger partial charge is 0.221 e. The van der Waals surface area contributed by atoms with E-state index >= 15 is 0 Å². The molecule has 2 bridgehead atoms. The molecule has 0 aromatic carbocycles. The molecule has 0 amide bonds. The fourth-order valence-electron chi connectivity index (χ4n) is 3.46. The minimum absolute atomic E-state index is 0.604. The SMILES string of the molecule is CCOc1ncnc(NC2CC3CCC2C3)c1C. The summed E-state index contributed by atoms with van der Waals surface area (Å²) < 4.78 is 5.51. The highest BCUT2D eigenvalue weighted by Crippen LogP contribution is 2.45. The molecule has 2 saturated carbocycles. The maximum absolute atomic E-state index is 5.51. The van der Waals surface area contributed by atoms with Crippen molar-refractivity contribution in [1.82, 2.24) is 9.97 Å². The van der Waals surface area contributed by atoms with Crippen molar-refractivity contribution in [1.29, 1.82) is 0 Å². The normalized spacial score (nSPS) is 29.6. The van der Waals surface area contributed by atoms with Crippen LogP contribution in [-0.2, 0) is 0 Å². The lowest BCUT2D eigenvalue weighted by Crippen LogP contribution is -2.26. The Hall–Kier alpha value is -1.32. The second-order valence-electron chi connectivity index (χ2n) is 5.51. The lowest BCUT2D eigenvalue weighted by atomic mass is 9.95. The fourth-order valence-corrected chi connectivity index (χ4v) is 3.46. The van der Waals surface area contributed by atoms with Crippen LogP contribution < -0.4 is 10.1 Å². The number of nitrogens with one attached hydrogen (secondary N) is 1. The highest BCUT2D eigenvalue weighted by atomic mass is 16.5. The number of hydrogen-bond donors (Lipinski definition) is 1. The van der Waals surface area contributed by atoms with Gasteiger partial charge in [-0.2, -0.15) is 0 Å². The summed E-state index contributed by atoms with van der Waals surface area (Å²) in [7, 11) is 0. The third-order valence-electron chi connectivity index (χ3n) is 4.38. The molecule has 0 aliphatic heterocycles. The molecule has 3 atom stereocenters. The molecule has 4 nitrogen and oxygen atoms in total. The summed E-state index contributed by atoms with van der Waals surface area (Å²) in [6, 6.07) is 0.604. The fraction of sp³-hybridized carbons (Fsp3) is 0.714. The van der Waals surface area contributed by atoms with Crippen LogP contribution in [0.25, 0.3) is 0 Å². The van der Waals surface area contributed by atoms with Crippen molar-refractivity contribution in [3.8, 4) is 5.88 Å². The molecule has 0 spiro atoms. The summed E-state index contributed by atoms with van der Waals surface area (Å²) >= 11 is 0. The van der Waals surface area contributed by atoms with E-state index in [-0.39, 0.29) is 0 Å². The van der Waals surface area contributed by atoms with Crippen molar-refractivity contribution in [2.45, 2.75) is 45.6 Å². The molecule has 2 fully saturated rings. The lowest BCUT2D eigenvalue weighted by molar-refractivity contribution is 0.323. The molecule has 2 aliphatic carbocycles. The number of hydrogen-bond acceptors (Lipinski definition) is 4. The van der Waals surface area contributed by atoms with Crippen LogP contribution in [0, 0.1) is 18.8 Å². The Morgan fingerprint density at radius 1 is 1.33 bits per heavy atom. The molecule has 1 N–H and O–H groups in total. The van der Waals surface area contributed by atoms with Crippen molar-refractivity contribution >= 4 is 5.82 Å². The first-order chi connectivity index (χ1) is 8.78. The van der Waals surface area contributed by atoms with Gasteiger partial charge in [0.25, 0.3) is 0 Å². The van der Waals surface area contributed by atoms with Gasteiger partial charge in [-0.25, -0.2) is 9.97 Å². The summed E-state index contributed by atoms with van der Waals surface area (Å²) in [5.41, 5.74) is 1.03. The molecular formula is C14H21N3O. The highest BCUT2D eigenvalue weighted by molar-refractivity contribution is 5.48. The molecule has 3 unspecified atom stereocenters. The van der Waals surface area contributed by atoms with Crippen molar-refractivity contribution in [3.63, 3.8) is 0 Å². The van der Waals surface area contributed by atoms with E-state index in [1.165, 1.54) is 25.7 Å². The third-order valence-corrected chi connectivity index (χ3v) is 4.38. The van der Waals surface area contributed by atoms with Crippen LogP contribution in [0.2, 0.25) is 0 Å². The van der Waals surface area contributed by atoms with Gasteiger partial charge in [0.2, 0.25) is 5.88 Å². The lowest BCUT2D eigenvalue weighted by Gasteiger charge is -2.24. The van der Waals surface area contributed by atoms with Gasteiger partial charge in [-0.15, -0.1) is 0 Å². The number of nitrogens with zero attached hydrogens (tertiary/aromatic N) is 2. The van der Waals surface area contributed by atoms with E-state index < -0.39 is 0 Å². The Labute approximate surface area is 108 Å². The van der Waals surface area contributed by atoms with Crippen LogP contribution in [0.4, 0.5) is 5.82 Å². The molecule has 1 heterocycles. The third kappa shape index (κ3) is 2.04. The molecule has 98 valence electrons. The second kappa shape index (κ2) is 4.75. The second-order valence-corrected chi connectivity index (χ2v) is 5.51. The van der Waals surface area contributed by atoms with E-state index in [1.54, 1.807) is 6.33 Å². The van der Waals surface area contributed by atoms with Crippen LogP contribution in [0.1, 0.15) is 38.2 Å². The van der Waals surface area contributed by atoms with Gasteiger partial charge in [-0.3, -0.25) is 0 Å². The number of fused-ring (bicyclic) bond motifs is 2. The average Bonchev–Trinajstić information content (AvgIpc) is 2.96. The van der Waals surface area contributed by atoms with E-state index in [4.69, 9.17) is 4.74 Å². The van der Waals surface area contributed by atoms with Crippen molar-refractivity contribution in [2.24, 2.45) is 11.8 Å². The van der Waals surface area contributed by atoms with Gasteiger partial charge < -0.3 is 10.1 Å². The van der Waals surface area contributed by atoms with Crippen LogP contribution in [0.5, 0.6) is 5.88 Å². The van der Waals surface area contributed by atoms with E-state index in [0.29, 0.717) is 18.5 Å². The molecule has 1 aromatic heterocycles. The first-order valence-corrected chi connectivity index (χ1v) is 6.99. The maximum Gasteiger partial charge on any atom is 0.221 e. The first-order valence-electron chi connectivity index (χ1n) is 6.99. The summed E-state index contributed by atoms with van der Waals surface area (Å²) in [6.07, 6.45) is 7.10. The number of ether oxygens (including phenoxy) is 1. The van der Waals surface area contributed by atoms with Crippen LogP contribution >= 0.6 is 0 Å². The Morgan fingerprint density at radius 2 is 2.22 bits per heavy atom. The number of rotatable bonds is 4. The Bertz CT molecular complexity index is 435. The zero-order valence-corrected chi connectivity index (χ0v) is 11.1. The van der Waals surface area contributed by atoms with Crippen molar-refractivity contribution in [3.05, 3.63) is 11.9 Å². The van der Waals surface area contributed by atoms with Gasteiger partial charge >= 0.3 is 0 Å². The molecule has 3 rings (SSSR count). The van der Waals surface area contributed by atoms with Crippen LogP contribution in [0.15, 0.2) is 6.33 Å². The van der Waals surface area contributed by atoms with Crippen LogP contribution in [0.3, 0.4) is 0 Å². The van der Waals surface area contributed by atoms with Gasteiger partial charge in [-0.05, 0) is 44.9 Å². The Morgan fingerprint density at radius 3 is 2.89 bits per heavy atom. The zero-order chi connectivity index (χ0) is 12.5. The van der Waals surface area contributed by atoms with E-state index in [2.05, 4.69) is 15.3 Å². The minimum Gasteiger partial charge on any atom is -0.478 e. The predicted octanol–water partition coefficient (Wildman–Crippen LogP) is 2.78. The highest BCUT2D eigenvalue weighted by Gasteiger charge is 2.39. The summed E-state index contributed by atoms with van der Waals surface area (Å²) in [5.74, 6) is 3.45. The monoisotopic (exact) mass is 247 g/mol. The first kappa shape index (κ1) is 11.8. The average molecular weight is 247 g/mol. The van der Waals surface area contributed by atoms with Gasteiger partial charge in [0.05, 0.1) is 12.2 Å². The quantitative estimate of drug-likeness (QED) is 0.888. The minimum atomic E-state index is 0.604. The summed E-state index contributed by atoms with van der Waals surface area (Å²) in [4.78, 5) is 8.54. The predicted molar refractivity (Wildman–Crippen MR) is 70.8 cm³/mol. The molecule has 4 heteroatoms. The van der Waals surface area contributed by atoms with Gasteiger partial charge in [-0.1, -0.05) is 6.42 Å². The molecule has 1 aromatic rings. The van der Waals surface area contributed by atoms with E-state index in [1.807, 2.05) is 13.8 Å². The van der Waals surface area contributed by atoms with Gasteiger partial charge in [0, 0.05) is 6.04 Å². The molecule has 2 aliphatic rings. The summed E-state index contributed by atoms with van der Waals surface area (Å²) in [6.45, 7) is 4.65. The molecule has 0 radical (unpaired) electrons. The maximum atomic E-state index is 5.51. The van der Waals surface area contributed by atoms with E-state index in [9.17, 15) is 0 Å².